The summed E-state index contributed by atoms with van der Waals surface area (Å²) in [7, 11) is -2.19. The van der Waals surface area contributed by atoms with Gasteiger partial charge < -0.3 is 15.0 Å². The monoisotopic (exact) mass is 508 g/mol. The molecule has 1 saturated heterocycles. The van der Waals surface area contributed by atoms with Crippen LogP contribution in [0, 0.1) is 5.92 Å². The molecule has 1 N–H and O–H groups in total. The maximum Gasteiger partial charge on any atom is 0.243 e. The third-order valence-electron chi connectivity index (χ3n) is 7.11. The van der Waals surface area contributed by atoms with Gasteiger partial charge in [0.2, 0.25) is 21.8 Å². The summed E-state index contributed by atoms with van der Waals surface area (Å²) in [6.07, 6.45) is 2.67. The van der Waals surface area contributed by atoms with Crippen LogP contribution >= 0.6 is 0 Å². The molecule has 1 aliphatic carbocycles. The SMILES string of the molecule is COCCN([C@H]1CC[C@H](C(=O)N2CCN(C(C)C)CC2)CC1)S(=O)(=O)c1ccc(NC(C)=O)cc1. The van der Waals surface area contributed by atoms with Crippen molar-refractivity contribution in [1.29, 1.82) is 0 Å². The van der Waals surface area contributed by atoms with Gasteiger partial charge in [-0.25, -0.2) is 8.42 Å². The Morgan fingerprint density at radius 2 is 1.66 bits per heavy atom. The van der Waals surface area contributed by atoms with Crippen molar-refractivity contribution in [1.82, 2.24) is 14.1 Å². The second-order valence-corrected chi connectivity index (χ2v) is 11.7. The number of methoxy groups -OCH3 is 1. The molecule has 0 aromatic heterocycles. The minimum Gasteiger partial charge on any atom is -0.383 e. The first-order chi connectivity index (χ1) is 16.6. The summed E-state index contributed by atoms with van der Waals surface area (Å²) >= 11 is 0. The lowest BCUT2D eigenvalue weighted by Gasteiger charge is -2.40. The summed E-state index contributed by atoms with van der Waals surface area (Å²) in [6.45, 7) is 9.66. The molecule has 1 aliphatic heterocycles. The zero-order chi connectivity index (χ0) is 25.6. The Balaban J connectivity index is 1.64. The molecule has 10 heteroatoms. The fourth-order valence-electron chi connectivity index (χ4n) is 5.06. The highest BCUT2D eigenvalue weighted by Crippen LogP contribution is 2.32. The number of ether oxygens (including phenoxy) is 1. The van der Waals surface area contributed by atoms with Crippen LogP contribution in [-0.4, -0.2) is 92.9 Å². The molecule has 3 rings (SSSR count). The third kappa shape index (κ3) is 7.03. The van der Waals surface area contributed by atoms with E-state index in [9.17, 15) is 18.0 Å². The molecular weight excluding hydrogens is 468 g/mol. The molecule has 0 spiro atoms. The minimum absolute atomic E-state index is 0.0410. The van der Waals surface area contributed by atoms with E-state index in [-0.39, 0.29) is 35.2 Å². The van der Waals surface area contributed by atoms with Crippen LogP contribution in [0.1, 0.15) is 46.5 Å². The molecule has 1 saturated carbocycles. The second kappa shape index (κ2) is 12.3. The summed E-state index contributed by atoms with van der Waals surface area (Å²) in [5, 5.41) is 2.65. The van der Waals surface area contributed by atoms with Crippen LogP contribution in [0.4, 0.5) is 5.69 Å². The predicted molar refractivity (Wildman–Crippen MR) is 136 cm³/mol. The van der Waals surface area contributed by atoms with Gasteiger partial charge in [-0.15, -0.1) is 0 Å². The largest absolute Gasteiger partial charge is 0.383 e. The number of amides is 2. The van der Waals surface area contributed by atoms with Gasteiger partial charge in [-0.05, 0) is 63.8 Å². The van der Waals surface area contributed by atoms with Crippen LogP contribution in [0.15, 0.2) is 29.2 Å². The minimum atomic E-state index is -3.75. The number of hydrogen-bond acceptors (Lipinski definition) is 6. The van der Waals surface area contributed by atoms with E-state index in [1.54, 1.807) is 19.2 Å². The molecule has 196 valence electrons. The summed E-state index contributed by atoms with van der Waals surface area (Å²) in [5.74, 6) is -0.0390. The molecule has 35 heavy (non-hydrogen) atoms. The Kier molecular flexibility index (Phi) is 9.69. The van der Waals surface area contributed by atoms with Gasteiger partial charge in [-0.3, -0.25) is 14.5 Å². The van der Waals surface area contributed by atoms with Gasteiger partial charge in [0.1, 0.15) is 0 Å². The molecule has 0 radical (unpaired) electrons. The first-order valence-electron chi connectivity index (χ1n) is 12.5. The van der Waals surface area contributed by atoms with E-state index in [1.807, 2.05) is 4.90 Å². The Bertz CT molecular complexity index is 951. The van der Waals surface area contributed by atoms with Crippen molar-refractivity contribution < 1.29 is 22.7 Å². The number of nitrogens with zero attached hydrogens (tertiary/aromatic N) is 3. The average molecular weight is 509 g/mol. The third-order valence-corrected chi connectivity index (χ3v) is 9.07. The van der Waals surface area contributed by atoms with Gasteiger partial charge >= 0.3 is 0 Å². The topological polar surface area (TPSA) is 99.3 Å². The van der Waals surface area contributed by atoms with Crippen molar-refractivity contribution in [3.8, 4) is 0 Å². The van der Waals surface area contributed by atoms with Gasteiger partial charge in [0.15, 0.2) is 0 Å². The van der Waals surface area contributed by atoms with E-state index in [0.717, 1.165) is 26.2 Å². The van der Waals surface area contributed by atoms with Crippen molar-refractivity contribution in [2.24, 2.45) is 5.92 Å². The summed E-state index contributed by atoms with van der Waals surface area (Å²) in [4.78, 5) is 29.0. The molecular formula is C25H40N4O5S. The number of rotatable bonds is 9. The lowest BCUT2D eigenvalue weighted by molar-refractivity contribution is -0.138. The van der Waals surface area contributed by atoms with Crippen molar-refractivity contribution in [3.05, 3.63) is 24.3 Å². The van der Waals surface area contributed by atoms with E-state index < -0.39 is 10.0 Å². The van der Waals surface area contributed by atoms with Gasteiger partial charge in [0, 0.05) is 70.4 Å². The molecule has 0 bridgehead atoms. The smallest absolute Gasteiger partial charge is 0.243 e. The zero-order valence-corrected chi connectivity index (χ0v) is 22.2. The first kappa shape index (κ1) is 27.6. The average Bonchev–Trinajstić information content (AvgIpc) is 2.84. The molecule has 1 aromatic carbocycles. The summed E-state index contributed by atoms with van der Waals surface area (Å²) in [5.41, 5.74) is 0.549. The van der Waals surface area contributed by atoms with E-state index in [2.05, 4.69) is 24.1 Å². The molecule has 2 fully saturated rings. The maximum absolute atomic E-state index is 13.5. The normalized spacial score (nSPS) is 21.9. The second-order valence-electron chi connectivity index (χ2n) is 9.77. The van der Waals surface area contributed by atoms with Crippen molar-refractivity contribution >= 4 is 27.5 Å². The van der Waals surface area contributed by atoms with E-state index in [4.69, 9.17) is 4.74 Å². The lowest BCUT2D eigenvalue weighted by Crippen LogP contribution is -2.52. The molecule has 1 aromatic rings. The molecule has 0 atom stereocenters. The standard InChI is InChI=1S/C25H40N4O5S/c1-19(2)27-13-15-28(16-14-27)25(31)21-5-9-23(10-6-21)29(17-18-34-4)35(32,33)24-11-7-22(8-12-24)26-20(3)30/h7-8,11-12,19,21,23H,5-6,9-10,13-18H2,1-4H3,(H,26,30)/t21-,23-. The number of carbonyl (C=O) groups excluding carboxylic acids is 2. The van der Waals surface area contributed by atoms with Gasteiger partial charge in [0.05, 0.1) is 11.5 Å². The Labute approximate surface area is 209 Å². The highest BCUT2D eigenvalue weighted by atomic mass is 32.2. The van der Waals surface area contributed by atoms with Crippen LogP contribution in [0.5, 0.6) is 0 Å². The predicted octanol–water partition coefficient (Wildman–Crippen LogP) is 2.39. The van der Waals surface area contributed by atoms with Crippen LogP contribution in [-0.2, 0) is 24.3 Å². The Morgan fingerprint density at radius 1 is 1.06 bits per heavy atom. The number of nitrogens with one attached hydrogen (secondary N) is 1. The maximum atomic E-state index is 13.5. The van der Waals surface area contributed by atoms with Gasteiger partial charge in [-0.1, -0.05) is 0 Å². The molecule has 2 amide bonds. The molecule has 1 heterocycles. The number of sulfonamides is 1. The number of carbonyl (C=O) groups is 2. The van der Waals surface area contributed by atoms with Gasteiger partial charge in [-0.2, -0.15) is 4.31 Å². The summed E-state index contributed by atoms with van der Waals surface area (Å²) < 4.78 is 33.8. The molecule has 9 nitrogen and oxygen atoms in total. The van der Waals surface area contributed by atoms with Crippen molar-refractivity contribution in [2.75, 3.05) is 51.8 Å². The van der Waals surface area contributed by atoms with Crippen molar-refractivity contribution in [2.45, 2.75) is 63.4 Å². The Hall–Kier alpha value is -2.01. The van der Waals surface area contributed by atoms with Crippen LogP contribution in [0.25, 0.3) is 0 Å². The van der Waals surface area contributed by atoms with E-state index in [1.165, 1.54) is 23.4 Å². The highest BCUT2D eigenvalue weighted by Gasteiger charge is 2.37. The fraction of sp³-hybridized carbons (Fsp3) is 0.680. The molecule has 2 aliphatic rings. The van der Waals surface area contributed by atoms with Crippen molar-refractivity contribution in [3.63, 3.8) is 0 Å². The van der Waals surface area contributed by atoms with Crippen LogP contribution in [0.3, 0.4) is 0 Å². The lowest BCUT2D eigenvalue weighted by atomic mass is 9.85. The number of piperazine rings is 1. The van der Waals surface area contributed by atoms with Gasteiger partial charge in [0.25, 0.3) is 0 Å². The van der Waals surface area contributed by atoms with E-state index in [0.29, 0.717) is 44.0 Å². The van der Waals surface area contributed by atoms with Crippen LogP contribution in [0.2, 0.25) is 0 Å². The zero-order valence-electron chi connectivity index (χ0n) is 21.4. The van der Waals surface area contributed by atoms with E-state index >= 15 is 0 Å². The highest BCUT2D eigenvalue weighted by molar-refractivity contribution is 7.89. The fourth-order valence-corrected chi connectivity index (χ4v) is 6.73. The molecule has 0 unspecified atom stereocenters. The Morgan fingerprint density at radius 3 is 2.17 bits per heavy atom. The summed E-state index contributed by atoms with van der Waals surface area (Å²) in [6, 6.07) is 6.55. The number of benzene rings is 1. The number of anilines is 1. The quantitative estimate of drug-likeness (QED) is 0.550. The number of hydrogen-bond donors (Lipinski definition) is 1. The van der Waals surface area contributed by atoms with Crippen LogP contribution < -0.4 is 5.32 Å². The first-order valence-corrected chi connectivity index (χ1v) is 14.0.